The van der Waals surface area contributed by atoms with Crippen molar-refractivity contribution in [2.75, 3.05) is 12.4 Å². The number of ether oxygens (including phenoxy) is 1. The Balaban J connectivity index is 1.56. The molecule has 5 nitrogen and oxygen atoms in total. The lowest BCUT2D eigenvalue weighted by molar-refractivity contribution is -0.115. The number of hydrogen-bond acceptors (Lipinski definition) is 4. The third-order valence-electron chi connectivity index (χ3n) is 4.04. The molecule has 22 heavy (non-hydrogen) atoms. The second-order valence-electron chi connectivity index (χ2n) is 5.54. The van der Waals surface area contributed by atoms with Crippen molar-refractivity contribution >= 4 is 11.9 Å². The zero-order valence-corrected chi connectivity index (χ0v) is 12.6. The van der Waals surface area contributed by atoms with Gasteiger partial charge in [-0.2, -0.15) is 0 Å². The highest BCUT2D eigenvalue weighted by molar-refractivity contribution is 5.90. The van der Waals surface area contributed by atoms with E-state index in [9.17, 15) is 4.79 Å². The normalized spacial score (nSPS) is 14.2. The Morgan fingerprint density at radius 2 is 1.91 bits per heavy atom. The molecule has 1 saturated carbocycles. The lowest BCUT2D eigenvalue weighted by Gasteiger charge is -2.25. The molecule has 0 radical (unpaired) electrons. The summed E-state index contributed by atoms with van der Waals surface area (Å²) in [6.07, 6.45) is 7.27. The number of rotatable bonds is 5. The van der Waals surface area contributed by atoms with Gasteiger partial charge in [0, 0.05) is 0 Å². The lowest BCUT2D eigenvalue weighted by Crippen LogP contribution is -2.16. The van der Waals surface area contributed by atoms with E-state index in [0.717, 1.165) is 11.5 Å². The molecule has 0 spiro atoms. The van der Waals surface area contributed by atoms with Crippen LogP contribution in [0.1, 0.15) is 36.3 Å². The van der Waals surface area contributed by atoms with Gasteiger partial charge in [0.1, 0.15) is 0 Å². The van der Waals surface area contributed by atoms with E-state index in [1.165, 1.54) is 37.2 Å². The number of hydrogen-bond donors (Lipinski definition) is 1. The molecule has 1 aromatic heterocycles. The summed E-state index contributed by atoms with van der Waals surface area (Å²) in [5, 5.41) is 2.68. The summed E-state index contributed by atoms with van der Waals surface area (Å²) in [6.45, 7) is 0. The Morgan fingerprint density at radius 1 is 1.23 bits per heavy atom. The van der Waals surface area contributed by atoms with Crippen molar-refractivity contribution in [2.45, 2.75) is 31.6 Å². The van der Waals surface area contributed by atoms with E-state index in [-0.39, 0.29) is 11.9 Å². The summed E-state index contributed by atoms with van der Waals surface area (Å²) in [6, 6.07) is 8.33. The fourth-order valence-corrected chi connectivity index (χ4v) is 2.49. The van der Waals surface area contributed by atoms with E-state index < -0.39 is 0 Å². The summed E-state index contributed by atoms with van der Waals surface area (Å²) >= 11 is 0. The Kier molecular flexibility index (Phi) is 4.32. The van der Waals surface area contributed by atoms with E-state index in [4.69, 9.17) is 4.74 Å². The molecule has 1 amide bonds. The van der Waals surface area contributed by atoms with E-state index >= 15 is 0 Å². The number of methoxy groups -OCH3 is 1. The van der Waals surface area contributed by atoms with Crippen molar-refractivity contribution < 1.29 is 9.53 Å². The van der Waals surface area contributed by atoms with E-state index in [2.05, 4.69) is 27.4 Å². The van der Waals surface area contributed by atoms with Gasteiger partial charge in [-0.05, 0) is 29.9 Å². The van der Waals surface area contributed by atoms with Gasteiger partial charge >= 0.3 is 0 Å². The van der Waals surface area contributed by atoms with Gasteiger partial charge in [0.25, 0.3) is 0 Å². The molecule has 1 heterocycles. The zero-order chi connectivity index (χ0) is 15.4. The van der Waals surface area contributed by atoms with Crippen LogP contribution in [0.5, 0.6) is 5.75 Å². The second-order valence-corrected chi connectivity index (χ2v) is 5.54. The third kappa shape index (κ3) is 3.42. The molecule has 2 aromatic rings. The Bertz CT molecular complexity index is 634. The van der Waals surface area contributed by atoms with Gasteiger partial charge in [-0.15, -0.1) is 0 Å². The molecule has 1 aromatic carbocycles. The predicted octanol–water partition coefficient (Wildman–Crippen LogP) is 2.93. The molecule has 1 aliphatic carbocycles. The van der Waals surface area contributed by atoms with Gasteiger partial charge < -0.3 is 4.74 Å². The molecule has 1 fully saturated rings. The Labute approximate surface area is 129 Å². The minimum Gasteiger partial charge on any atom is -0.494 e. The van der Waals surface area contributed by atoms with Crippen molar-refractivity contribution in [3.8, 4) is 5.75 Å². The minimum atomic E-state index is -0.124. The SMILES string of the molecule is COc1cnc(NC(=O)Cc2ccc(C3CCC3)cc2)nc1. The second kappa shape index (κ2) is 6.56. The predicted molar refractivity (Wildman–Crippen MR) is 84.0 cm³/mol. The Morgan fingerprint density at radius 3 is 2.45 bits per heavy atom. The number of nitrogens with zero attached hydrogens (tertiary/aromatic N) is 2. The molecule has 0 unspecified atom stereocenters. The van der Waals surface area contributed by atoms with Crippen molar-refractivity contribution in [3.63, 3.8) is 0 Å². The molecular formula is C17H19N3O2. The van der Waals surface area contributed by atoms with Crippen LogP contribution in [0.3, 0.4) is 0 Å². The van der Waals surface area contributed by atoms with Gasteiger partial charge in [-0.1, -0.05) is 30.7 Å². The molecule has 0 aliphatic heterocycles. The summed E-state index contributed by atoms with van der Waals surface area (Å²) in [5.74, 6) is 1.44. The van der Waals surface area contributed by atoms with Crippen molar-refractivity contribution in [3.05, 3.63) is 47.8 Å². The van der Waals surface area contributed by atoms with Gasteiger partial charge in [0.2, 0.25) is 11.9 Å². The fraction of sp³-hybridized carbons (Fsp3) is 0.353. The number of amides is 1. The smallest absolute Gasteiger partial charge is 0.231 e. The van der Waals surface area contributed by atoms with E-state index in [1.54, 1.807) is 7.11 Å². The molecule has 5 heteroatoms. The number of carbonyl (C=O) groups is 1. The number of anilines is 1. The van der Waals surface area contributed by atoms with Crippen molar-refractivity contribution in [1.29, 1.82) is 0 Å². The molecule has 1 aliphatic rings. The first kappa shape index (κ1) is 14.5. The number of aromatic nitrogens is 2. The first-order valence-corrected chi connectivity index (χ1v) is 7.49. The monoisotopic (exact) mass is 297 g/mol. The average molecular weight is 297 g/mol. The fourth-order valence-electron chi connectivity index (χ4n) is 2.49. The minimum absolute atomic E-state index is 0.124. The first-order valence-electron chi connectivity index (χ1n) is 7.49. The highest BCUT2D eigenvalue weighted by Crippen LogP contribution is 2.36. The summed E-state index contributed by atoms with van der Waals surface area (Å²) in [7, 11) is 1.55. The van der Waals surface area contributed by atoms with Crippen molar-refractivity contribution in [2.24, 2.45) is 0 Å². The highest BCUT2D eigenvalue weighted by atomic mass is 16.5. The maximum Gasteiger partial charge on any atom is 0.231 e. The van der Waals surface area contributed by atoms with Gasteiger partial charge in [-0.25, -0.2) is 9.97 Å². The zero-order valence-electron chi connectivity index (χ0n) is 12.6. The van der Waals surface area contributed by atoms with Crippen LogP contribution < -0.4 is 10.1 Å². The van der Waals surface area contributed by atoms with Crippen LogP contribution in [0.25, 0.3) is 0 Å². The third-order valence-corrected chi connectivity index (χ3v) is 4.04. The molecule has 0 saturated heterocycles. The maximum atomic E-state index is 12.0. The first-order chi connectivity index (χ1) is 10.7. The molecule has 1 N–H and O–H groups in total. The van der Waals surface area contributed by atoms with Crippen LogP contribution in [0, 0.1) is 0 Å². The van der Waals surface area contributed by atoms with E-state index in [1.807, 2.05) is 12.1 Å². The summed E-state index contributed by atoms with van der Waals surface area (Å²) in [4.78, 5) is 20.0. The van der Waals surface area contributed by atoms with Crippen LogP contribution >= 0.6 is 0 Å². The lowest BCUT2D eigenvalue weighted by atomic mass is 9.80. The van der Waals surface area contributed by atoms with E-state index in [0.29, 0.717) is 12.2 Å². The number of nitrogens with one attached hydrogen (secondary N) is 1. The molecule has 3 rings (SSSR count). The molecule has 0 atom stereocenters. The topological polar surface area (TPSA) is 64.1 Å². The molecule has 0 bridgehead atoms. The highest BCUT2D eigenvalue weighted by Gasteiger charge is 2.19. The van der Waals surface area contributed by atoms with Crippen molar-refractivity contribution in [1.82, 2.24) is 9.97 Å². The van der Waals surface area contributed by atoms with Crippen LogP contribution in [-0.4, -0.2) is 23.0 Å². The molecular weight excluding hydrogens is 278 g/mol. The average Bonchev–Trinajstić information content (AvgIpc) is 2.48. The number of carbonyl (C=O) groups excluding carboxylic acids is 1. The summed E-state index contributed by atoms with van der Waals surface area (Å²) < 4.78 is 4.98. The van der Waals surface area contributed by atoms with Gasteiger partial charge in [0.05, 0.1) is 25.9 Å². The quantitative estimate of drug-likeness (QED) is 0.921. The summed E-state index contributed by atoms with van der Waals surface area (Å²) in [5.41, 5.74) is 2.38. The van der Waals surface area contributed by atoms with Crippen LogP contribution in [0.4, 0.5) is 5.95 Å². The van der Waals surface area contributed by atoms with Gasteiger partial charge in [0.15, 0.2) is 5.75 Å². The number of benzene rings is 1. The largest absolute Gasteiger partial charge is 0.494 e. The molecule has 114 valence electrons. The van der Waals surface area contributed by atoms with Crippen LogP contribution in [0.2, 0.25) is 0 Å². The van der Waals surface area contributed by atoms with Crippen LogP contribution in [-0.2, 0) is 11.2 Å². The maximum absolute atomic E-state index is 12.0. The van der Waals surface area contributed by atoms with Gasteiger partial charge in [-0.3, -0.25) is 10.1 Å². The standard InChI is InChI=1S/C17H19N3O2/c1-22-15-10-18-17(19-11-15)20-16(21)9-12-5-7-14(8-6-12)13-3-2-4-13/h5-8,10-11,13H,2-4,9H2,1H3,(H,18,19,20,21). The Hall–Kier alpha value is -2.43. The van der Waals surface area contributed by atoms with Crippen LogP contribution in [0.15, 0.2) is 36.7 Å².